The summed E-state index contributed by atoms with van der Waals surface area (Å²) in [4.78, 5) is 35.5. The number of unbranched alkanes of at least 4 members (excludes halogenated alkanes) is 4. The fourth-order valence-electron chi connectivity index (χ4n) is 4.50. The van der Waals surface area contributed by atoms with Crippen LogP contribution in [-0.4, -0.2) is 60.1 Å². The van der Waals surface area contributed by atoms with Crippen LogP contribution in [-0.2, 0) is 16.0 Å². The highest BCUT2D eigenvalue weighted by molar-refractivity contribution is 8.00. The van der Waals surface area contributed by atoms with Crippen molar-refractivity contribution >= 4 is 29.6 Å². The zero-order valence-electron chi connectivity index (χ0n) is 19.9. The summed E-state index contributed by atoms with van der Waals surface area (Å²) >= 11 is 1.92. The first-order valence-electron chi connectivity index (χ1n) is 12.6. The van der Waals surface area contributed by atoms with Crippen molar-refractivity contribution in [1.82, 2.24) is 21.3 Å². The molecule has 2 aliphatic rings. The molecule has 0 aliphatic carbocycles. The molecule has 188 valence electrons. The van der Waals surface area contributed by atoms with Gasteiger partial charge in [-0.25, -0.2) is 4.79 Å². The summed E-state index contributed by atoms with van der Waals surface area (Å²) in [5.74, 6) is 0.988. The second kappa shape index (κ2) is 14.2. The van der Waals surface area contributed by atoms with E-state index in [1.807, 2.05) is 42.1 Å². The Morgan fingerprint density at radius 2 is 1.74 bits per heavy atom. The zero-order chi connectivity index (χ0) is 24.2. The minimum absolute atomic E-state index is 0.0486. The number of rotatable bonds is 15. The fraction of sp³-hybridized carbons (Fsp3) is 0.640. The zero-order valence-corrected chi connectivity index (χ0v) is 20.7. The van der Waals surface area contributed by atoms with Crippen LogP contribution >= 0.6 is 11.8 Å². The van der Waals surface area contributed by atoms with Crippen LogP contribution in [0, 0.1) is 0 Å². The van der Waals surface area contributed by atoms with Gasteiger partial charge in [0.1, 0.15) is 0 Å². The second-order valence-corrected chi connectivity index (χ2v) is 10.5. The number of carbonyl (C=O) groups is 3. The van der Waals surface area contributed by atoms with Gasteiger partial charge >= 0.3 is 6.03 Å². The predicted molar refractivity (Wildman–Crippen MR) is 137 cm³/mol. The maximum Gasteiger partial charge on any atom is 0.315 e. The van der Waals surface area contributed by atoms with Crippen LogP contribution in [0.4, 0.5) is 4.79 Å². The third-order valence-electron chi connectivity index (χ3n) is 6.44. The molecule has 0 aromatic heterocycles. The SMILES string of the molecule is N[C@@H](Cc1ccccc1)C(=O)NCCCCCCNC(=O)CCCC[C@@H]1SC[C@@H]2NC(=O)N[C@@H]21. The van der Waals surface area contributed by atoms with Crippen molar-refractivity contribution in [2.75, 3.05) is 18.8 Å². The number of thioether (sulfide) groups is 1. The van der Waals surface area contributed by atoms with Crippen LogP contribution < -0.4 is 27.0 Å². The summed E-state index contributed by atoms with van der Waals surface area (Å²) in [5, 5.41) is 12.3. The number of hydrogen-bond acceptors (Lipinski definition) is 5. The molecule has 0 bridgehead atoms. The van der Waals surface area contributed by atoms with E-state index in [2.05, 4.69) is 21.3 Å². The highest BCUT2D eigenvalue weighted by atomic mass is 32.2. The number of hydrogen-bond donors (Lipinski definition) is 5. The molecule has 2 saturated heterocycles. The van der Waals surface area contributed by atoms with Gasteiger partial charge < -0.3 is 27.0 Å². The lowest BCUT2D eigenvalue weighted by Gasteiger charge is -2.16. The van der Waals surface area contributed by atoms with E-state index in [0.29, 0.717) is 31.2 Å². The van der Waals surface area contributed by atoms with Gasteiger partial charge in [0.2, 0.25) is 11.8 Å². The van der Waals surface area contributed by atoms with E-state index in [-0.39, 0.29) is 29.9 Å². The summed E-state index contributed by atoms with van der Waals surface area (Å²) in [5.41, 5.74) is 7.05. The van der Waals surface area contributed by atoms with Crippen molar-refractivity contribution < 1.29 is 14.4 Å². The molecule has 0 spiro atoms. The number of urea groups is 1. The van der Waals surface area contributed by atoms with Gasteiger partial charge in [0.25, 0.3) is 0 Å². The molecule has 3 rings (SSSR count). The maximum atomic E-state index is 12.1. The van der Waals surface area contributed by atoms with Gasteiger partial charge in [0.05, 0.1) is 18.1 Å². The summed E-state index contributed by atoms with van der Waals surface area (Å²) < 4.78 is 0. The number of carbonyl (C=O) groups excluding carboxylic acids is 3. The van der Waals surface area contributed by atoms with Crippen LogP contribution in [0.2, 0.25) is 0 Å². The lowest BCUT2D eigenvalue weighted by Crippen LogP contribution is -2.42. The van der Waals surface area contributed by atoms with Crippen molar-refractivity contribution in [1.29, 1.82) is 0 Å². The van der Waals surface area contributed by atoms with Crippen LogP contribution in [0.1, 0.15) is 56.9 Å². The third-order valence-corrected chi connectivity index (χ3v) is 7.95. The number of nitrogens with two attached hydrogens (primary N) is 1. The predicted octanol–water partition coefficient (Wildman–Crippen LogP) is 2.08. The molecule has 34 heavy (non-hydrogen) atoms. The smallest absolute Gasteiger partial charge is 0.315 e. The number of fused-ring (bicyclic) bond motifs is 1. The summed E-state index contributed by atoms with van der Waals surface area (Å²) in [6, 6.07) is 9.73. The summed E-state index contributed by atoms with van der Waals surface area (Å²) in [6.45, 7) is 1.33. The van der Waals surface area contributed by atoms with Gasteiger partial charge in [0, 0.05) is 30.5 Å². The van der Waals surface area contributed by atoms with E-state index >= 15 is 0 Å². The molecule has 0 radical (unpaired) electrons. The van der Waals surface area contributed by atoms with Gasteiger partial charge in [-0.15, -0.1) is 0 Å². The Bertz CT molecular complexity index is 794. The van der Waals surface area contributed by atoms with Crippen LogP contribution in [0.3, 0.4) is 0 Å². The highest BCUT2D eigenvalue weighted by Gasteiger charge is 2.42. The quantitative estimate of drug-likeness (QED) is 0.191. The van der Waals surface area contributed by atoms with E-state index in [4.69, 9.17) is 5.73 Å². The van der Waals surface area contributed by atoms with E-state index < -0.39 is 6.04 Å². The molecule has 1 aromatic carbocycles. The van der Waals surface area contributed by atoms with Crippen molar-refractivity contribution in [3.63, 3.8) is 0 Å². The average Bonchev–Trinajstić information content (AvgIpc) is 3.38. The van der Waals surface area contributed by atoms with Crippen LogP contribution in [0.5, 0.6) is 0 Å². The Balaban J connectivity index is 1.11. The molecule has 4 atom stereocenters. The molecule has 1 aromatic rings. The monoisotopic (exact) mass is 489 g/mol. The van der Waals surface area contributed by atoms with Gasteiger partial charge in [0.15, 0.2) is 0 Å². The first-order valence-corrected chi connectivity index (χ1v) is 13.6. The van der Waals surface area contributed by atoms with Crippen molar-refractivity contribution in [3.8, 4) is 0 Å². The third kappa shape index (κ3) is 8.83. The molecule has 9 heteroatoms. The molecule has 8 nitrogen and oxygen atoms in total. The molecule has 2 aliphatic heterocycles. The van der Waals surface area contributed by atoms with Crippen LogP contribution in [0.25, 0.3) is 0 Å². The molecule has 6 N–H and O–H groups in total. The lowest BCUT2D eigenvalue weighted by molar-refractivity contribution is -0.122. The Labute approximate surface area is 207 Å². The minimum atomic E-state index is -0.521. The summed E-state index contributed by atoms with van der Waals surface area (Å²) in [7, 11) is 0. The van der Waals surface area contributed by atoms with Crippen molar-refractivity contribution in [2.24, 2.45) is 5.73 Å². The number of nitrogens with one attached hydrogen (secondary N) is 4. The Morgan fingerprint density at radius 3 is 2.50 bits per heavy atom. The Morgan fingerprint density at radius 1 is 1.00 bits per heavy atom. The van der Waals surface area contributed by atoms with E-state index in [0.717, 1.165) is 56.3 Å². The topological polar surface area (TPSA) is 125 Å². The molecule has 2 heterocycles. The standard InChI is InChI=1S/C25H39N5O3S/c26-19(16-18-10-4-3-5-11-18)24(32)28-15-9-2-1-8-14-27-22(31)13-7-6-12-21-23-20(17-34-21)29-25(33)30-23/h3-5,10-11,19-21,23H,1-2,6-9,12-17,26H2,(H,27,31)(H,28,32)(H2,29,30,33)/t19-,20-,21-,23-/m0/s1. The molecule has 2 fully saturated rings. The van der Waals surface area contributed by atoms with Crippen LogP contribution in [0.15, 0.2) is 30.3 Å². The average molecular weight is 490 g/mol. The van der Waals surface area contributed by atoms with E-state index in [1.54, 1.807) is 0 Å². The maximum absolute atomic E-state index is 12.1. The molecular weight excluding hydrogens is 450 g/mol. The van der Waals surface area contributed by atoms with Gasteiger partial charge in [-0.2, -0.15) is 11.8 Å². The fourth-order valence-corrected chi connectivity index (χ4v) is 6.04. The second-order valence-electron chi connectivity index (χ2n) is 9.22. The highest BCUT2D eigenvalue weighted by Crippen LogP contribution is 2.33. The van der Waals surface area contributed by atoms with E-state index in [1.165, 1.54) is 0 Å². The normalized spacial score (nSPS) is 21.9. The van der Waals surface area contributed by atoms with Crippen molar-refractivity contribution in [2.45, 2.75) is 81.2 Å². The lowest BCUT2D eigenvalue weighted by atomic mass is 10.0. The first kappa shape index (κ1) is 26.3. The van der Waals surface area contributed by atoms with Gasteiger partial charge in [-0.05, 0) is 37.7 Å². The van der Waals surface area contributed by atoms with Crippen molar-refractivity contribution in [3.05, 3.63) is 35.9 Å². The summed E-state index contributed by atoms with van der Waals surface area (Å²) in [6.07, 6.45) is 7.92. The molecule has 4 amide bonds. The Kier molecular flexibility index (Phi) is 11.0. The number of amides is 4. The first-order chi connectivity index (χ1) is 16.5. The molecule has 0 saturated carbocycles. The Hall–Kier alpha value is -2.26. The molecular formula is C25H39N5O3S. The minimum Gasteiger partial charge on any atom is -0.356 e. The number of benzene rings is 1. The largest absolute Gasteiger partial charge is 0.356 e. The molecule has 0 unspecified atom stereocenters. The van der Waals surface area contributed by atoms with Gasteiger partial charge in [-0.1, -0.05) is 49.6 Å². The van der Waals surface area contributed by atoms with E-state index in [9.17, 15) is 14.4 Å². The van der Waals surface area contributed by atoms with Gasteiger partial charge in [-0.3, -0.25) is 9.59 Å².